The summed E-state index contributed by atoms with van der Waals surface area (Å²) < 4.78 is 0. The van der Waals surface area contributed by atoms with Crippen LogP contribution in [-0.4, -0.2) is 27.2 Å². The lowest BCUT2D eigenvalue weighted by atomic mass is 9.68. The van der Waals surface area contributed by atoms with E-state index in [0.29, 0.717) is 33.6 Å². The maximum atomic E-state index is 13.6. The lowest BCUT2D eigenvalue weighted by Gasteiger charge is -2.36. The highest BCUT2D eigenvalue weighted by atomic mass is 16.6. The minimum absolute atomic E-state index is 0.131. The van der Waals surface area contributed by atoms with E-state index < -0.39 is 21.6 Å². The number of aromatic amines is 2. The number of Topliss-reactive ketones (excluding diaryl/α,β-unsaturated/α-hetero) is 1. The maximum Gasteiger partial charge on any atom is 0.327 e. The molecule has 3 aromatic rings. The number of hydrogen-bond donors (Lipinski definition) is 4. The molecule has 0 saturated heterocycles. The Morgan fingerprint density at radius 2 is 1.77 bits per heavy atom. The number of nitrogens with one attached hydrogen (secondary N) is 4. The monoisotopic (exact) mass is 415 g/mol. The van der Waals surface area contributed by atoms with Gasteiger partial charge in [-0.05, 0) is 11.6 Å². The molecule has 2 aliphatic heterocycles. The lowest BCUT2D eigenvalue weighted by Crippen LogP contribution is -2.45. The second kappa shape index (κ2) is 5.57. The fraction of sp³-hybridized carbons (Fsp3) is 0.0952. The highest BCUT2D eigenvalue weighted by Gasteiger charge is 2.55. The van der Waals surface area contributed by atoms with Crippen LogP contribution in [0, 0.1) is 10.1 Å². The van der Waals surface area contributed by atoms with E-state index in [0.717, 1.165) is 0 Å². The third-order valence-electron chi connectivity index (χ3n) is 6.18. The Hall–Kier alpha value is -4.47. The molecule has 1 atom stereocenters. The van der Waals surface area contributed by atoms with E-state index in [9.17, 15) is 24.5 Å². The van der Waals surface area contributed by atoms with Gasteiger partial charge in [-0.1, -0.05) is 24.3 Å². The van der Waals surface area contributed by atoms with Crippen LogP contribution < -0.4 is 21.9 Å². The van der Waals surface area contributed by atoms with Gasteiger partial charge in [-0.25, -0.2) is 4.79 Å². The van der Waals surface area contributed by atoms with E-state index in [1.807, 2.05) is 0 Å². The van der Waals surface area contributed by atoms with Crippen LogP contribution in [0.3, 0.4) is 0 Å². The molecule has 3 heterocycles. The molecular weight excluding hydrogens is 402 g/mol. The smallest absolute Gasteiger partial charge is 0.327 e. The van der Waals surface area contributed by atoms with Gasteiger partial charge in [0.2, 0.25) is 0 Å². The first kappa shape index (κ1) is 17.4. The predicted molar refractivity (Wildman–Crippen MR) is 111 cm³/mol. The summed E-state index contributed by atoms with van der Waals surface area (Å²) in [5.74, 6) is -0.103. The van der Waals surface area contributed by atoms with Crippen LogP contribution in [-0.2, 0) is 5.41 Å². The predicted octanol–water partition coefficient (Wildman–Crippen LogP) is 1.72. The van der Waals surface area contributed by atoms with E-state index in [2.05, 4.69) is 20.6 Å². The van der Waals surface area contributed by atoms with Crippen molar-refractivity contribution in [2.45, 2.75) is 5.41 Å². The third-order valence-corrected chi connectivity index (χ3v) is 6.18. The number of rotatable bonds is 1. The van der Waals surface area contributed by atoms with Crippen LogP contribution in [0.5, 0.6) is 0 Å². The van der Waals surface area contributed by atoms with Crippen LogP contribution in [0.4, 0.5) is 17.2 Å². The average Bonchev–Trinajstić information content (AvgIpc) is 3.24. The van der Waals surface area contributed by atoms with Crippen LogP contribution in [0.1, 0.15) is 27.0 Å². The number of non-ortho nitro benzene ring substituents is 1. The SMILES string of the molecule is O=C1C2=C(Nc3[nH]c(=O)[nH]c(=O)c3C23CNc2ccc([N+](=O)[O-])cc23)c2ccccc21. The van der Waals surface area contributed by atoms with Crippen molar-refractivity contribution in [3.05, 3.63) is 101 Å². The average molecular weight is 415 g/mol. The van der Waals surface area contributed by atoms with Crippen molar-refractivity contribution in [2.24, 2.45) is 0 Å². The first-order chi connectivity index (χ1) is 14.9. The standard InChI is InChI=1S/C21H13N5O5/c27-17-11-4-2-1-3-10(11)16-14(17)21(15-18(23-16)24-20(29)25-19(15)28)8-22-13-6-5-9(26(30)31)7-12(13)21/h1-7,22H,8H2,(H3,23,24,25,28,29). The molecule has 1 aromatic heterocycles. The number of aromatic nitrogens is 2. The molecule has 0 radical (unpaired) electrons. The van der Waals surface area contributed by atoms with E-state index >= 15 is 0 Å². The lowest BCUT2D eigenvalue weighted by molar-refractivity contribution is -0.384. The third kappa shape index (κ3) is 2.03. The van der Waals surface area contributed by atoms with Crippen LogP contribution >= 0.6 is 0 Å². The number of nitro benzene ring substituents is 1. The fourth-order valence-corrected chi connectivity index (χ4v) is 4.98. The molecule has 6 rings (SSSR count). The van der Waals surface area contributed by atoms with Crippen molar-refractivity contribution in [2.75, 3.05) is 17.2 Å². The van der Waals surface area contributed by atoms with Gasteiger partial charge < -0.3 is 10.6 Å². The van der Waals surface area contributed by atoms with Crippen LogP contribution in [0.15, 0.2) is 57.6 Å². The number of benzene rings is 2. The fourth-order valence-electron chi connectivity index (χ4n) is 4.98. The highest BCUT2D eigenvalue weighted by Crippen LogP contribution is 2.55. The van der Waals surface area contributed by atoms with Gasteiger partial charge >= 0.3 is 5.69 Å². The van der Waals surface area contributed by atoms with Crippen molar-refractivity contribution >= 4 is 28.7 Å². The Morgan fingerprint density at radius 3 is 2.55 bits per heavy atom. The number of carbonyl (C=O) groups is 1. The number of fused-ring (bicyclic) bond motifs is 7. The molecule has 0 saturated carbocycles. The molecule has 1 aliphatic carbocycles. The summed E-state index contributed by atoms with van der Waals surface area (Å²) in [6, 6.07) is 11.3. The van der Waals surface area contributed by atoms with E-state index in [4.69, 9.17) is 0 Å². The molecule has 1 spiro atoms. The largest absolute Gasteiger partial charge is 0.383 e. The molecule has 31 heavy (non-hydrogen) atoms. The Balaban J connectivity index is 1.77. The molecule has 152 valence electrons. The summed E-state index contributed by atoms with van der Waals surface area (Å²) in [7, 11) is 0. The molecule has 1 unspecified atom stereocenters. The Morgan fingerprint density at radius 1 is 1.00 bits per heavy atom. The van der Waals surface area contributed by atoms with Crippen molar-refractivity contribution in [1.82, 2.24) is 9.97 Å². The maximum absolute atomic E-state index is 13.6. The summed E-state index contributed by atoms with van der Waals surface area (Å²) in [5.41, 5.74) is 0.242. The molecule has 0 amide bonds. The van der Waals surface area contributed by atoms with E-state index in [-0.39, 0.29) is 29.4 Å². The molecule has 3 aliphatic rings. The number of nitro groups is 1. The number of carbonyl (C=O) groups excluding carboxylic acids is 1. The highest BCUT2D eigenvalue weighted by molar-refractivity contribution is 6.25. The minimum atomic E-state index is -1.31. The summed E-state index contributed by atoms with van der Waals surface area (Å²) in [4.78, 5) is 54.4. The number of ketones is 1. The molecule has 10 heteroatoms. The second-order valence-corrected chi connectivity index (χ2v) is 7.65. The summed E-state index contributed by atoms with van der Waals surface area (Å²) >= 11 is 0. The first-order valence-corrected chi connectivity index (χ1v) is 9.47. The van der Waals surface area contributed by atoms with Gasteiger partial charge in [0.1, 0.15) is 5.82 Å². The summed E-state index contributed by atoms with van der Waals surface area (Å²) in [5, 5.41) is 17.7. The van der Waals surface area contributed by atoms with Crippen molar-refractivity contribution < 1.29 is 9.72 Å². The first-order valence-electron chi connectivity index (χ1n) is 9.47. The van der Waals surface area contributed by atoms with Crippen LogP contribution in [0.2, 0.25) is 0 Å². The topological polar surface area (TPSA) is 150 Å². The zero-order chi connectivity index (χ0) is 21.5. The van der Waals surface area contributed by atoms with Gasteiger partial charge in [-0.3, -0.25) is 29.7 Å². The molecule has 2 aromatic carbocycles. The van der Waals surface area contributed by atoms with E-state index in [1.54, 1.807) is 30.3 Å². The number of anilines is 2. The summed E-state index contributed by atoms with van der Waals surface area (Å²) in [6.45, 7) is 0.131. The Kier molecular flexibility index (Phi) is 3.12. The van der Waals surface area contributed by atoms with Gasteiger partial charge in [0, 0.05) is 41.1 Å². The second-order valence-electron chi connectivity index (χ2n) is 7.65. The van der Waals surface area contributed by atoms with E-state index in [1.165, 1.54) is 12.1 Å². The van der Waals surface area contributed by atoms with Crippen molar-refractivity contribution in [3.63, 3.8) is 0 Å². The minimum Gasteiger partial charge on any atom is -0.383 e. The van der Waals surface area contributed by atoms with Crippen LogP contribution in [0.25, 0.3) is 5.70 Å². The van der Waals surface area contributed by atoms with Gasteiger partial charge in [-0.2, -0.15) is 0 Å². The van der Waals surface area contributed by atoms with Gasteiger partial charge in [-0.15, -0.1) is 0 Å². The molecule has 0 fully saturated rings. The molecule has 10 nitrogen and oxygen atoms in total. The number of hydrogen-bond acceptors (Lipinski definition) is 7. The molecule has 4 N–H and O–H groups in total. The number of H-pyrrole nitrogens is 2. The molecule has 0 bridgehead atoms. The summed E-state index contributed by atoms with van der Waals surface area (Å²) in [6.07, 6.45) is 0. The Bertz CT molecular complexity index is 1520. The molecular formula is C21H13N5O5. The van der Waals surface area contributed by atoms with Gasteiger partial charge in [0.25, 0.3) is 11.2 Å². The van der Waals surface area contributed by atoms with Crippen molar-refractivity contribution in [1.29, 1.82) is 0 Å². The zero-order valence-corrected chi connectivity index (χ0v) is 15.7. The number of nitrogens with zero attached hydrogens (tertiary/aromatic N) is 1. The zero-order valence-electron chi connectivity index (χ0n) is 15.7. The van der Waals surface area contributed by atoms with Crippen molar-refractivity contribution in [3.8, 4) is 0 Å². The Labute approximate surface area is 172 Å². The van der Waals surface area contributed by atoms with Gasteiger partial charge in [0.05, 0.1) is 21.6 Å². The quantitative estimate of drug-likeness (QED) is 0.349. The van der Waals surface area contributed by atoms with Gasteiger partial charge in [0.15, 0.2) is 5.78 Å². The normalized spacial score (nSPS) is 19.9.